The molecular weight excluding hydrogens is 301 g/mol. The van der Waals surface area contributed by atoms with Gasteiger partial charge < -0.3 is 10.5 Å². The monoisotopic (exact) mass is 327 g/mol. The van der Waals surface area contributed by atoms with Crippen LogP contribution < -0.4 is 5.30 Å². The highest BCUT2D eigenvalue weighted by Gasteiger charge is 2.29. The van der Waals surface area contributed by atoms with Crippen molar-refractivity contribution < 1.29 is 5.11 Å². The third-order valence-electron chi connectivity index (χ3n) is 4.52. The summed E-state index contributed by atoms with van der Waals surface area (Å²) in [5.41, 5.74) is 5.28. The lowest BCUT2D eigenvalue weighted by molar-refractivity contribution is 0.452. The number of benzene rings is 2. The number of aryl methyl sites for hydroxylation is 3. The molecule has 3 heteroatoms. The van der Waals surface area contributed by atoms with E-state index in [2.05, 4.69) is 52.0 Å². The Kier molecular flexibility index (Phi) is 5.26. The predicted molar refractivity (Wildman–Crippen MR) is 102 cm³/mol. The summed E-state index contributed by atoms with van der Waals surface area (Å²) in [5, 5.41) is 19.3. The fraction of sp³-hybridized carbons (Fsp3) is 0.350. The zero-order valence-electron chi connectivity index (χ0n) is 14.6. The van der Waals surface area contributed by atoms with Crippen LogP contribution >= 0.6 is 8.58 Å². The zero-order chi connectivity index (χ0) is 17.2. The Morgan fingerprint density at radius 2 is 1.83 bits per heavy atom. The van der Waals surface area contributed by atoms with Crippen LogP contribution in [0.15, 0.2) is 30.3 Å². The van der Waals surface area contributed by atoms with Gasteiger partial charge in [-0.3, -0.25) is 0 Å². The maximum absolute atomic E-state index is 10.6. The molecule has 0 heterocycles. The molecule has 2 aromatic carbocycles. The maximum Gasteiger partial charge on any atom is 0.122 e. The molecule has 2 aromatic rings. The van der Waals surface area contributed by atoms with Crippen LogP contribution in [0, 0.1) is 26.2 Å². The van der Waals surface area contributed by atoms with Crippen LogP contribution in [0.4, 0.5) is 0 Å². The molecule has 2 N–H and O–H groups in total. The summed E-state index contributed by atoms with van der Waals surface area (Å²) < 4.78 is 0. The molecule has 23 heavy (non-hydrogen) atoms. The van der Waals surface area contributed by atoms with E-state index in [0.717, 1.165) is 23.1 Å². The average Bonchev–Trinajstić information content (AvgIpc) is 2.52. The molecular formula is C20H26NOP. The van der Waals surface area contributed by atoms with Crippen LogP contribution in [0.3, 0.4) is 0 Å². The van der Waals surface area contributed by atoms with E-state index in [1.165, 1.54) is 22.6 Å². The van der Waals surface area contributed by atoms with Crippen molar-refractivity contribution in [3.63, 3.8) is 0 Å². The number of nitrogens with one attached hydrogen (secondary N) is 1. The summed E-state index contributed by atoms with van der Waals surface area (Å²) in [6.45, 7) is 10.5. The third-order valence-corrected chi connectivity index (χ3v) is 6.42. The first-order chi connectivity index (χ1) is 10.8. The second kappa shape index (κ2) is 6.84. The number of aromatic hydroxyl groups is 1. The summed E-state index contributed by atoms with van der Waals surface area (Å²) in [6.07, 6.45) is 2.37. The van der Waals surface area contributed by atoms with Crippen LogP contribution in [-0.4, -0.2) is 11.3 Å². The molecule has 0 spiro atoms. The minimum atomic E-state index is -0.131. The van der Waals surface area contributed by atoms with Crippen LogP contribution in [-0.2, 0) is 5.16 Å². The van der Waals surface area contributed by atoms with Crippen LogP contribution in [0.1, 0.15) is 48.1 Å². The summed E-state index contributed by atoms with van der Waals surface area (Å²) in [6, 6.07) is 10.4. The lowest BCUT2D eigenvalue weighted by Crippen LogP contribution is -2.20. The van der Waals surface area contributed by atoms with Gasteiger partial charge in [-0.1, -0.05) is 57.8 Å². The van der Waals surface area contributed by atoms with Crippen LogP contribution in [0.5, 0.6) is 5.75 Å². The fourth-order valence-electron chi connectivity index (χ4n) is 2.94. The zero-order valence-corrected chi connectivity index (χ0v) is 15.6. The lowest BCUT2D eigenvalue weighted by Gasteiger charge is -2.31. The summed E-state index contributed by atoms with van der Waals surface area (Å²) >= 11 is 0. The normalized spacial score (nSPS) is 14.1. The highest BCUT2D eigenvalue weighted by molar-refractivity contribution is 7.48. The molecule has 0 aliphatic heterocycles. The first-order valence-corrected chi connectivity index (χ1v) is 9.00. The molecule has 0 amide bonds. The second-order valence-corrected chi connectivity index (χ2v) is 8.42. The molecule has 0 saturated heterocycles. The van der Waals surface area contributed by atoms with Crippen molar-refractivity contribution in [2.45, 2.75) is 46.2 Å². The number of rotatable bonds is 5. The van der Waals surface area contributed by atoms with E-state index in [0.29, 0.717) is 14.3 Å². The Balaban J connectivity index is 2.52. The van der Waals surface area contributed by atoms with Gasteiger partial charge in [0.25, 0.3) is 0 Å². The van der Waals surface area contributed by atoms with Crippen molar-refractivity contribution in [1.29, 1.82) is 5.41 Å². The molecule has 2 atom stereocenters. The molecule has 2 unspecified atom stereocenters. The first kappa shape index (κ1) is 17.7. The third kappa shape index (κ3) is 3.64. The van der Waals surface area contributed by atoms with E-state index in [9.17, 15) is 5.11 Å². The summed E-state index contributed by atoms with van der Waals surface area (Å²) in [7, 11) is 0.506. The number of phenols is 1. The highest BCUT2D eigenvalue weighted by atomic mass is 31.1. The molecule has 0 bridgehead atoms. The van der Waals surface area contributed by atoms with Gasteiger partial charge in [0.1, 0.15) is 5.75 Å². The Morgan fingerprint density at radius 3 is 2.43 bits per heavy atom. The van der Waals surface area contributed by atoms with E-state index in [-0.39, 0.29) is 5.16 Å². The SMILES string of the molecule is CCC(C)(Pc1ccc(C)cc1C=N)c1cc(C)cc(C)c1O. The van der Waals surface area contributed by atoms with Crippen molar-refractivity contribution in [2.24, 2.45) is 0 Å². The van der Waals surface area contributed by atoms with Crippen LogP contribution in [0.2, 0.25) is 0 Å². The van der Waals surface area contributed by atoms with E-state index in [1.54, 1.807) is 0 Å². The molecule has 0 aliphatic carbocycles. The van der Waals surface area contributed by atoms with Crippen molar-refractivity contribution in [1.82, 2.24) is 0 Å². The Bertz CT molecular complexity index is 739. The van der Waals surface area contributed by atoms with Gasteiger partial charge >= 0.3 is 0 Å². The topological polar surface area (TPSA) is 44.1 Å². The first-order valence-electron chi connectivity index (χ1n) is 8.00. The lowest BCUT2D eigenvalue weighted by atomic mass is 9.93. The van der Waals surface area contributed by atoms with Crippen molar-refractivity contribution in [3.05, 3.63) is 58.1 Å². The van der Waals surface area contributed by atoms with E-state index in [4.69, 9.17) is 5.41 Å². The summed E-state index contributed by atoms with van der Waals surface area (Å²) in [4.78, 5) is 0. The Labute approximate surface area is 141 Å². The molecule has 2 nitrogen and oxygen atoms in total. The highest BCUT2D eigenvalue weighted by Crippen LogP contribution is 2.48. The molecule has 0 fully saturated rings. The van der Waals surface area contributed by atoms with Gasteiger partial charge in [-0.05, 0) is 49.7 Å². The standard InChI is InChI=1S/C20H26NOP/c1-6-20(5,17-11-14(3)9-15(4)19(17)22)23-18-8-7-13(2)10-16(18)12-21/h7-12,21-23H,6H2,1-5H3. The molecule has 0 saturated carbocycles. The van der Waals surface area contributed by atoms with Gasteiger partial charge in [-0.25, -0.2) is 0 Å². The predicted octanol–water partition coefficient (Wildman–Crippen LogP) is 4.94. The number of hydrogen-bond donors (Lipinski definition) is 2. The molecule has 0 aliphatic rings. The molecule has 2 rings (SSSR count). The largest absolute Gasteiger partial charge is 0.507 e. The van der Waals surface area contributed by atoms with Gasteiger partial charge in [0.15, 0.2) is 0 Å². The van der Waals surface area contributed by atoms with Gasteiger partial charge in [0.2, 0.25) is 0 Å². The molecule has 122 valence electrons. The minimum Gasteiger partial charge on any atom is -0.507 e. The quantitative estimate of drug-likeness (QED) is 0.592. The van der Waals surface area contributed by atoms with Crippen molar-refractivity contribution >= 4 is 20.1 Å². The van der Waals surface area contributed by atoms with Gasteiger partial charge in [-0.2, -0.15) is 0 Å². The van der Waals surface area contributed by atoms with Crippen molar-refractivity contribution in [2.75, 3.05) is 0 Å². The Hall–Kier alpha value is -1.66. The van der Waals surface area contributed by atoms with E-state index >= 15 is 0 Å². The number of hydrogen-bond acceptors (Lipinski definition) is 2. The van der Waals surface area contributed by atoms with Crippen molar-refractivity contribution in [3.8, 4) is 5.75 Å². The summed E-state index contributed by atoms with van der Waals surface area (Å²) in [5.74, 6) is 0.413. The molecule has 0 aromatic heterocycles. The minimum absolute atomic E-state index is 0.131. The smallest absolute Gasteiger partial charge is 0.122 e. The van der Waals surface area contributed by atoms with Gasteiger partial charge in [-0.15, -0.1) is 0 Å². The van der Waals surface area contributed by atoms with Gasteiger partial charge in [0.05, 0.1) is 0 Å². The fourth-order valence-corrected chi connectivity index (χ4v) is 4.49. The van der Waals surface area contributed by atoms with E-state index in [1.807, 2.05) is 13.0 Å². The maximum atomic E-state index is 10.6. The molecule has 0 radical (unpaired) electrons. The average molecular weight is 327 g/mol. The number of phenolic OH excluding ortho intramolecular Hbond substituents is 1. The second-order valence-electron chi connectivity index (χ2n) is 6.52. The van der Waals surface area contributed by atoms with Gasteiger partial charge in [0, 0.05) is 16.9 Å². The Morgan fingerprint density at radius 1 is 1.13 bits per heavy atom. The van der Waals surface area contributed by atoms with Crippen LogP contribution in [0.25, 0.3) is 0 Å². The van der Waals surface area contributed by atoms with E-state index < -0.39 is 0 Å².